The summed E-state index contributed by atoms with van der Waals surface area (Å²) in [6, 6.07) is 15.1. The minimum atomic E-state index is -0.373. The molecule has 6 heteroatoms. The fraction of sp³-hybridized carbons (Fsp3) is 0.308. The Morgan fingerprint density at radius 1 is 1.19 bits per heavy atom. The molecule has 2 aromatic heterocycles. The molecule has 32 heavy (non-hydrogen) atoms. The fourth-order valence-corrected chi connectivity index (χ4v) is 4.72. The number of aryl methyl sites for hydroxylation is 2. The number of rotatable bonds is 6. The Morgan fingerprint density at radius 2 is 2.06 bits per heavy atom. The average molecular weight is 431 g/mol. The molecule has 164 valence electrons. The van der Waals surface area contributed by atoms with Gasteiger partial charge in [-0.3, -0.25) is 4.79 Å². The number of benzene rings is 2. The van der Waals surface area contributed by atoms with E-state index in [1.807, 2.05) is 24.3 Å². The summed E-state index contributed by atoms with van der Waals surface area (Å²) in [6.07, 6.45) is 4.69. The summed E-state index contributed by atoms with van der Waals surface area (Å²) < 4.78 is 11.1. The molecular weight excluding hydrogens is 404 g/mol. The molecule has 2 N–H and O–H groups in total. The number of ether oxygens (including phenoxy) is 1. The SMILES string of the molecule is CCCc1cc(=O)oc2cc(OCC(=O)N[C@H]3CCCc4c3[nH]c3ccccc43)ccc12. The van der Waals surface area contributed by atoms with E-state index in [2.05, 4.69) is 29.4 Å². The van der Waals surface area contributed by atoms with E-state index in [9.17, 15) is 9.59 Å². The van der Waals surface area contributed by atoms with Gasteiger partial charge in [0.15, 0.2) is 6.61 Å². The highest BCUT2D eigenvalue weighted by atomic mass is 16.5. The largest absolute Gasteiger partial charge is 0.484 e. The predicted molar refractivity (Wildman–Crippen MR) is 124 cm³/mol. The summed E-state index contributed by atoms with van der Waals surface area (Å²) >= 11 is 0. The molecule has 1 aliphatic rings. The molecule has 2 aromatic carbocycles. The van der Waals surface area contributed by atoms with Gasteiger partial charge in [-0.05, 0) is 55.0 Å². The zero-order valence-electron chi connectivity index (χ0n) is 18.1. The zero-order valence-corrected chi connectivity index (χ0v) is 18.1. The van der Waals surface area contributed by atoms with Gasteiger partial charge in [-0.25, -0.2) is 4.79 Å². The third kappa shape index (κ3) is 3.88. The van der Waals surface area contributed by atoms with Gasteiger partial charge in [-0.1, -0.05) is 31.5 Å². The van der Waals surface area contributed by atoms with Gasteiger partial charge in [0.1, 0.15) is 11.3 Å². The van der Waals surface area contributed by atoms with Crippen LogP contribution in [0.15, 0.2) is 57.7 Å². The van der Waals surface area contributed by atoms with Crippen LogP contribution in [-0.4, -0.2) is 17.5 Å². The summed E-state index contributed by atoms with van der Waals surface area (Å²) in [5.41, 5.74) is 4.58. The van der Waals surface area contributed by atoms with E-state index < -0.39 is 0 Å². The maximum atomic E-state index is 12.6. The van der Waals surface area contributed by atoms with Crippen molar-refractivity contribution in [1.29, 1.82) is 0 Å². The van der Waals surface area contributed by atoms with E-state index in [0.717, 1.165) is 54.3 Å². The second kappa shape index (κ2) is 8.54. The Hall–Kier alpha value is -3.54. The molecule has 4 aromatic rings. The van der Waals surface area contributed by atoms with Crippen molar-refractivity contribution in [3.8, 4) is 5.75 Å². The van der Waals surface area contributed by atoms with Crippen molar-refractivity contribution in [2.45, 2.75) is 45.1 Å². The third-order valence-corrected chi connectivity index (χ3v) is 6.14. The lowest BCUT2D eigenvalue weighted by Crippen LogP contribution is -2.34. The van der Waals surface area contributed by atoms with Crippen LogP contribution >= 0.6 is 0 Å². The highest BCUT2D eigenvalue weighted by Crippen LogP contribution is 2.34. The van der Waals surface area contributed by atoms with E-state index in [0.29, 0.717) is 11.3 Å². The monoisotopic (exact) mass is 430 g/mol. The summed E-state index contributed by atoms with van der Waals surface area (Å²) in [5, 5.41) is 5.24. The molecule has 0 spiro atoms. The molecule has 1 aliphatic carbocycles. The molecule has 0 saturated carbocycles. The average Bonchev–Trinajstić information content (AvgIpc) is 3.17. The van der Waals surface area contributed by atoms with Gasteiger partial charge < -0.3 is 19.5 Å². The lowest BCUT2D eigenvalue weighted by Gasteiger charge is -2.24. The Morgan fingerprint density at radius 3 is 2.94 bits per heavy atom. The molecule has 1 atom stereocenters. The second-order valence-corrected chi connectivity index (χ2v) is 8.36. The first-order valence-corrected chi connectivity index (χ1v) is 11.2. The quantitative estimate of drug-likeness (QED) is 0.431. The molecular formula is C26H26N2O4. The van der Waals surface area contributed by atoms with Crippen LogP contribution in [0.2, 0.25) is 0 Å². The number of nitrogens with one attached hydrogen (secondary N) is 2. The minimum Gasteiger partial charge on any atom is -0.484 e. The second-order valence-electron chi connectivity index (χ2n) is 8.36. The predicted octanol–water partition coefficient (Wildman–Crippen LogP) is 4.80. The molecule has 2 heterocycles. The first kappa shape index (κ1) is 20.4. The first-order valence-electron chi connectivity index (χ1n) is 11.2. The van der Waals surface area contributed by atoms with E-state index in [4.69, 9.17) is 9.15 Å². The summed E-state index contributed by atoms with van der Waals surface area (Å²) in [5.74, 6) is 0.321. The Bertz CT molecular complexity index is 1350. The minimum absolute atomic E-state index is 0.0477. The van der Waals surface area contributed by atoms with Gasteiger partial charge in [-0.15, -0.1) is 0 Å². The van der Waals surface area contributed by atoms with Crippen LogP contribution in [-0.2, 0) is 17.6 Å². The number of para-hydroxylation sites is 1. The number of aromatic amines is 1. The molecule has 0 bridgehead atoms. The van der Waals surface area contributed by atoms with Crippen molar-refractivity contribution in [3.05, 3.63) is 75.8 Å². The van der Waals surface area contributed by atoms with E-state index in [1.165, 1.54) is 10.9 Å². The molecule has 0 fully saturated rings. The van der Waals surface area contributed by atoms with E-state index >= 15 is 0 Å². The van der Waals surface area contributed by atoms with Crippen molar-refractivity contribution < 1.29 is 13.9 Å². The summed E-state index contributed by atoms with van der Waals surface area (Å²) in [4.78, 5) is 28.0. The maximum absolute atomic E-state index is 12.6. The number of carbonyl (C=O) groups excluding carboxylic acids is 1. The van der Waals surface area contributed by atoms with Crippen molar-refractivity contribution in [2.24, 2.45) is 0 Å². The zero-order chi connectivity index (χ0) is 22.1. The van der Waals surface area contributed by atoms with Gasteiger partial charge >= 0.3 is 5.63 Å². The highest BCUT2D eigenvalue weighted by Gasteiger charge is 2.25. The Kier molecular flexibility index (Phi) is 5.43. The van der Waals surface area contributed by atoms with Crippen LogP contribution in [0, 0.1) is 0 Å². The topological polar surface area (TPSA) is 84.3 Å². The third-order valence-electron chi connectivity index (χ3n) is 6.14. The van der Waals surface area contributed by atoms with Crippen molar-refractivity contribution in [1.82, 2.24) is 10.3 Å². The van der Waals surface area contributed by atoms with E-state index in [1.54, 1.807) is 12.1 Å². The van der Waals surface area contributed by atoms with Crippen LogP contribution in [0.25, 0.3) is 21.9 Å². The fourth-order valence-electron chi connectivity index (χ4n) is 4.72. The smallest absolute Gasteiger partial charge is 0.336 e. The number of carbonyl (C=O) groups is 1. The normalized spacial score (nSPS) is 15.6. The van der Waals surface area contributed by atoms with Crippen molar-refractivity contribution >= 4 is 27.8 Å². The molecule has 6 nitrogen and oxygen atoms in total. The molecule has 5 rings (SSSR count). The highest BCUT2D eigenvalue weighted by molar-refractivity contribution is 5.86. The molecule has 0 saturated heterocycles. The summed E-state index contributed by atoms with van der Waals surface area (Å²) in [7, 11) is 0. The van der Waals surface area contributed by atoms with Gasteiger partial charge in [0, 0.05) is 34.1 Å². The molecule has 0 radical (unpaired) electrons. The van der Waals surface area contributed by atoms with Crippen molar-refractivity contribution in [3.63, 3.8) is 0 Å². The number of hydrogen-bond donors (Lipinski definition) is 2. The van der Waals surface area contributed by atoms with Gasteiger partial charge in [0.2, 0.25) is 0 Å². The summed E-state index contributed by atoms with van der Waals surface area (Å²) in [6.45, 7) is 1.97. The molecule has 0 aliphatic heterocycles. The van der Waals surface area contributed by atoms with E-state index in [-0.39, 0.29) is 24.2 Å². The van der Waals surface area contributed by atoms with Gasteiger partial charge in [0.05, 0.1) is 6.04 Å². The number of hydrogen-bond acceptors (Lipinski definition) is 4. The molecule has 0 unspecified atom stereocenters. The first-order chi connectivity index (χ1) is 15.6. The van der Waals surface area contributed by atoms with Crippen LogP contribution < -0.4 is 15.7 Å². The van der Waals surface area contributed by atoms with Crippen molar-refractivity contribution in [2.75, 3.05) is 6.61 Å². The number of amides is 1. The standard InChI is InChI=1S/C26H26N2O4/c1-2-6-16-13-25(30)32-23-14-17(11-12-18(16)23)31-15-24(29)27-22-10-5-8-20-19-7-3-4-9-21(19)28-26(20)22/h3-4,7,9,11-14,22,28H,2,5-6,8,10,15H2,1H3,(H,27,29)/t22-/m0/s1. The number of aromatic nitrogens is 1. The van der Waals surface area contributed by atoms with Crippen LogP contribution in [0.3, 0.4) is 0 Å². The van der Waals surface area contributed by atoms with Crippen LogP contribution in [0.4, 0.5) is 0 Å². The molecule has 1 amide bonds. The van der Waals surface area contributed by atoms with Crippen LogP contribution in [0.1, 0.15) is 49.0 Å². The number of fused-ring (bicyclic) bond motifs is 4. The number of H-pyrrole nitrogens is 1. The lowest BCUT2D eigenvalue weighted by atomic mass is 9.91. The van der Waals surface area contributed by atoms with Gasteiger partial charge in [-0.2, -0.15) is 0 Å². The van der Waals surface area contributed by atoms with Gasteiger partial charge in [0.25, 0.3) is 5.91 Å². The van der Waals surface area contributed by atoms with Crippen LogP contribution in [0.5, 0.6) is 5.75 Å². The Labute approximate surface area is 185 Å². The maximum Gasteiger partial charge on any atom is 0.336 e. The Balaban J connectivity index is 1.29. The lowest BCUT2D eigenvalue weighted by molar-refractivity contribution is -0.124.